The standard InChI is InChI=1S/C19H25FN4O.HI/c1-4-5-6-13-24(3)19(21-2)22-12-11-17-14-25-18(23-17)15-7-9-16(20)10-8-15;/h4,7-10,14H,1,5-6,11-13H2,2-3H3,(H,21,22);1H. The Kier molecular flexibility index (Phi) is 9.93. The number of oxazole rings is 1. The minimum absolute atomic E-state index is 0. The van der Waals surface area contributed by atoms with Crippen molar-refractivity contribution >= 4 is 29.9 Å². The van der Waals surface area contributed by atoms with Crippen molar-refractivity contribution in [3.8, 4) is 11.5 Å². The summed E-state index contributed by atoms with van der Waals surface area (Å²) in [5.74, 6) is 1.08. The second-order valence-electron chi connectivity index (χ2n) is 5.73. The summed E-state index contributed by atoms with van der Waals surface area (Å²) >= 11 is 0. The summed E-state index contributed by atoms with van der Waals surface area (Å²) in [5.41, 5.74) is 1.61. The van der Waals surface area contributed by atoms with Crippen molar-refractivity contribution in [3.63, 3.8) is 0 Å². The monoisotopic (exact) mass is 472 g/mol. The second-order valence-corrected chi connectivity index (χ2v) is 5.73. The van der Waals surface area contributed by atoms with Crippen molar-refractivity contribution in [1.29, 1.82) is 0 Å². The van der Waals surface area contributed by atoms with Gasteiger partial charge in [-0.05, 0) is 37.1 Å². The number of nitrogens with one attached hydrogen (secondary N) is 1. The molecule has 0 fully saturated rings. The first kappa shape index (κ1) is 22.1. The van der Waals surface area contributed by atoms with Gasteiger partial charge >= 0.3 is 0 Å². The van der Waals surface area contributed by atoms with Crippen molar-refractivity contribution in [2.75, 3.05) is 27.2 Å². The maximum Gasteiger partial charge on any atom is 0.226 e. The number of aliphatic imine (C=N–C) groups is 1. The molecule has 7 heteroatoms. The van der Waals surface area contributed by atoms with E-state index in [0.717, 1.165) is 36.6 Å². The maximum atomic E-state index is 13.0. The summed E-state index contributed by atoms with van der Waals surface area (Å²) in [4.78, 5) is 10.8. The predicted molar refractivity (Wildman–Crippen MR) is 114 cm³/mol. The Bertz CT molecular complexity index is 700. The molecule has 2 aromatic rings. The van der Waals surface area contributed by atoms with Crippen molar-refractivity contribution in [3.05, 3.63) is 54.7 Å². The number of aromatic nitrogens is 1. The van der Waals surface area contributed by atoms with Crippen LogP contribution in [-0.2, 0) is 6.42 Å². The van der Waals surface area contributed by atoms with E-state index in [1.165, 1.54) is 12.1 Å². The van der Waals surface area contributed by atoms with Crippen LogP contribution in [-0.4, -0.2) is 43.0 Å². The first-order valence-corrected chi connectivity index (χ1v) is 8.37. The first-order chi connectivity index (χ1) is 12.1. The summed E-state index contributed by atoms with van der Waals surface area (Å²) in [6, 6.07) is 6.10. The van der Waals surface area contributed by atoms with Crippen molar-refractivity contribution < 1.29 is 8.81 Å². The summed E-state index contributed by atoms with van der Waals surface area (Å²) < 4.78 is 18.4. The van der Waals surface area contributed by atoms with Gasteiger partial charge < -0.3 is 14.6 Å². The number of rotatable bonds is 8. The Morgan fingerprint density at radius 1 is 1.38 bits per heavy atom. The molecule has 0 atom stereocenters. The number of nitrogens with zero attached hydrogens (tertiary/aromatic N) is 3. The highest BCUT2D eigenvalue weighted by Crippen LogP contribution is 2.18. The molecular weight excluding hydrogens is 446 g/mol. The highest BCUT2D eigenvalue weighted by atomic mass is 127. The van der Waals surface area contributed by atoms with Crippen LogP contribution in [0.25, 0.3) is 11.5 Å². The number of guanidine groups is 1. The number of unbranched alkanes of at least 4 members (excludes halogenated alkanes) is 1. The zero-order chi connectivity index (χ0) is 18.1. The zero-order valence-electron chi connectivity index (χ0n) is 15.2. The molecule has 0 spiro atoms. The van der Waals surface area contributed by atoms with E-state index in [1.54, 1.807) is 25.4 Å². The molecule has 5 nitrogen and oxygen atoms in total. The van der Waals surface area contributed by atoms with E-state index in [1.807, 2.05) is 13.1 Å². The van der Waals surface area contributed by atoms with Gasteiger partial charge in [-0.1, -0.05) is 6.08 Å². The van der Waals surface area contributed by atoms with E-state index in [0.29, 0.717) is 18.9 Å². The summed E-state index contributed by atoms with van der Waals surface area (Å²) in [6.07, 6.45) is 6.31. The lowest BCUT2D eigenvalue weighted by atomic mass is 10.2. The van der Waals surface area contributed by atoms with E-state index in [2.05, 4.69) is 26.8 Å². The number of hydrogen-bond acceptors (Lipinski definition) is 3. The minimum Gasteiger partial charge on any atom is -0.444 e. The molecule has 2 rings (SSSR count). The van der Waals surface area contributed by atoms with E-state index in [4.69, 9.17) is 4.42 Å². The van der Waals surface area contributed by atoms with E-state index in [-0.39, 0.29) is 29.8 Å². The summed E-state index contributed by atoms with van der Waals surface area (Å²) in [5, 5.41) is 3.32. The average molecular weight is 472 g/mol. The third kappa shape index (κ3) is 6.78. The van der Waals surface area contributed by atoms with Gasteiger partial charge in [0.05, 0.1) is 5.69 Å². The number of halogens is 2. The molecule has 0 radical (unpaired) electrons. The summed E-state index contributed by atoms with van der Waals surface area (Å²) in [7, 11) is 3.79. The van der Waals surface area contributed by atoms with Crippen LogP contribution in [0.5, 0.6) is 0 Å². The average Bonchev–Trinajstić information content (AvgIpc) is 3.08. The van der Waals surface area contributed by atoms with Crippen LogP contribution in [0.15, 0.2) is 52.6 Å². The Labute approximate surface area is 171 Å². The molecule has 0 saturated carbocycles. The van der Waals surface area contributed by atoms with Crippen LogP contribution < -0.4 is 5.32 Å². The SMILES string of the molecule is C=CCCCN(C)C(=NC)NCCc1coc(-c2ccc(F)cc2)n1.I. The minimum atomic E-state index is -0.275. The van der Waals surface area contributed by atoms with E-state index < -0.39 is 0 Å². The molecule has 0 unspecified atom stereocenters. The molecule has 1 heterocycles. The van der Waals surface area contributed by atoms with Crippen LogP contribution in [0.2, 0.25) is 0 Å². The van der Waals surface area contributed by atoms with Gasteiger partial charge in [0, 0.05) is 39.2 Å². The lowest BCUT2D eigenvalue weighted by Crippen LogP contribution is -2.40. The van der Waals surface area contributed by atoms with Gasteiger partial charge in [-0.3, -0.25) is 4.99 Å². The highest BCUT2D eigenvalue weighted by molar-refractivity contribution is 14.0. The Balaban J connectivity index is 0.00000338. The third-order valence-electron chi connectivity index (χ3n) is 3.78. The Morgan fingerprint density at radius 2 is 2.12 bits per heavy atom. The number of benzene rings is 1. The smallest absolute Gasteiger partial charge is 0.226 e. The molecular formula is C19H26FIN4O. The molecule has 0 aliphatic heterocycles. The van der Waals surface area contributed by atoms with Crippen LogP contribution in [0.3, 0.4) is 0 Å². The van der Waals surface area contributed by atoms with Gasteiger partial charge in [-0.15, -0.1) is 30.6 Å². The fourth-order valence-corrected chi connectivity index (χ4v) is 2.41. The zero-order valence-corrected chi connectivity index (χ0v) is 17.6. The van der Waals surface area contributed by atoms with Crippen LogP contribution in [0, 0.1) is 5.82 Å². The van der Waals surface area contributed by atoms with E-state index >= 15 is 0 Å². The van der Waals surface area contributed by atoms with Crippen LogP contribution >= 0.6 is 24.0 Å². The van der Waals surface area contributed by atoms with Crippen molar-refractivity contribution in [1.82, 2.24) is 15.2 Å². The first-order valence-electron chi connectivity index (χ1n) is 8.37. The molecule has 142 valence electrons. The maximum absolute atomic E-state index is 13.0. The molecule has 1 aromatic carbocycles. The lowest BCUT2D eigenvalue weighted by molar-refractivity contribution is 0.470. The van der Waals surface area contributed by atoms with Gasteiger partial charge in [0.15, 0.2) is 5.96 Å². The fourth-order valence-electron chi connectivity index (χ4n) is 2.41. The third-order valence-corrected chi connectivity index (χ3v) is 3.78. The molecule has 0 saturated heterocycles. The normalized spacial score (nSPS) is 11.0. The molecule has 1 aromatic heterocycles. The van der Waals surface area contributed by atoms with Crippen molar-refractivity contribution in [2.24, 2.45) is 4.99 Å². The topological polar surface area (TPSA) is 53.7 Å². The van der Waals surface area contributed by atoms with Gasteiger partial charge in [0.2, 0.25) is 5.89 Å². The van der Waals surface area contributed by atoms with Gasteiger partial charge in [0.1, 0.15) is 12.1 Å². The van der Waals surface area contributed by atoms with Crippen LogP contribution in [0.1, 0.15) is 18.5 Å². The van der Waals surface area contributed by atoms with Gasteiger partial charge in [0.25, 0.3) is 0 Å². The molecule has 1 N–H and O–H groups in total. The molecule has 26 heavy (non-hydrogen) atoms. The quantitative estimate of drug-likeness (QED) is 0.207. The van der Waals surface area contributed by atoms with Gasteiger partial charge in [-0.2, -0.15) is 0 Å². The predicted octanol–water partition coefficient (Wildman–Crippen LogP) is 4.11. The largest absolute Gasteiger partial charge is 0.444 e. The van der Waals surface area contributed by atoms with Crippen molar-refractivity contribution in [2.45, 2.75) is 19.3 Å². The second kappa shape index (κ2) is 11.7. The molecule has 0 bridgehead atoms. The van der Waals surface area contributed by atoms with Gasteiger partial charge in [-0.25, -0.2) is 9.37 Å². The molecule has 0 aliphatic rings. The highest BCUT2D eigenvalue weighted by Gasteiger charge is 2.08. The number of hydrogen-bond donors (Lipinski definition) is 1. The lowest BCUT2D eigenvalue weighted by Gasteiger charge is -2.21. The number of allylic oxidation sites excluding steroid dienone is 1. The Morgan fingerprint density at radius 3 is 2.77 bits per heavy atom. The molecule has 0 amide bonds. The Hall–Kier alpha value is -1.90. The summed E-state index contributed by atoms with van der Waals surface area (Å²) in [6.45, 7) is 5.36. The van der Waals surface area contributed by atoms with Crippen LogP contribution in [0.4, 0.5) is 4.39 Å². The molecule has 0 aliphatic carbocycles. The van der Waals surface area contributed by atoms with E-state index in [9.17, 15) is 4.39 Å². The fraction of sp³-hybridized carbons (Fsp3) is 0.368.